The van der Waals surface area contributed by atoms with Gasteiger partial charge in [0.25, 0.3) is 0 Å². The van der Waals surface area contributed by atoms with E-state index in [1.807, 2.05) is 11.8 Å². The molecule has 2 heterocycles. The average Bonchev–Trinajstić information content (AvgIpc) is 2.86. The summed E-state index contributed by atoms with van der Waals surface area (Å²) in [7, 11) is 0. The zero-order valence-corrected chi connectivity index (χ0v) is 8.54. The van der Waals surface area contributed by atoms with E-state index >= 15 is 0 Å². The van der Waals surface area contributed by atoms with Gasteiger partial charge in [0.1, 0.15) is 0 Å². The molecule has 2 rings (SSSR count). The molecule has 1 aliphatic heterocycles. The number of rotatable bonds is 3. The van der Waals surface area contributed by atoms with Crippen LogP contribution < -0.4 is 5.73 Å². The molecule has 0 saturated carbocycles. The van der Waals surface area contributed by atoms with Crippen LogP contribution >= 0.6 is 11.8 Å². The fourth-order valence-corrected chi connectivity index (χ4v) is 2.57. The summed E-state index contributed by atoms with van der Waals surface area (Å²) < 4.78 is 5.10. The maximum atomic E-state index is 8.81. The topological polar surface area (TPSA) is 85.2 Å². The number of hydrogen-bond acceptors (Lipinski definition) is 6. The van der Waals surface area contributed by atoms with Crippen LogP contribution in [0.1, 0.15) is 35.8 Å². The van der Waals surface area contributed by atoms with Crippen LogP contribution in [0.3, 0.4) is 0 Å². The summed E-state index contributed by atoms with van der Waals surface area (Å²) in [6, 6.07) is -0.529. The highest BCUT2D eigenvalue weighted by Gasteiger charge is 2.24. The quantitative estimate of drug-likeness (QED) is 0.769. The van der Waals surface area contributed by atoms with Crippen LogP contribution in [0.5, 0.6) is 0 Å². The maximum Gasteiger partial charge on any atom is 0.239 e. The Labute approximate surface area is 86.1 Å². The molecule has 6 heteroatoms. The lowest BCUT2D eigenvalue weighted by Gasteiger charge is -2.00. The van der Waals surface area contributed by atoms with Crippen LogP contribution in [0, 0.1) is 0 Å². The predicted octanol–water partition coefficient (Wildman–Crippen LogP) is 0.630. The summed E-state index contributed by atoms with van der Waals surface area (Å²) in [5.74, 6) is 2.19. The monoisotopic (exact) mass is 215 g/mol. The van der Waals surface area contributed by atoms with Gasteiger partial charge in [-0.2, -0.15) is 4.98 Å². The second-order valence-corrected chi connectivity index (χ2v) is 4.59. The van der Waals surface area contributed by atoms with Gasteiger partial charge < -0.3 is 15.4 Å². The molecule has 0 radical (unpaired) electrons. The van der Waals surface area contributed by atoms with E-state index in [0.717, 1.165) is 12.2 Å². The lowest BCUT2D eigenvalue weighted by Crippen LogP contribution is -2.16. The first-order valence-corrected chi connectivity index (χ1v) is 5.67. The van der Waals surface area contributed by atoms with Crippen LogP contribution in [-0.4, -0.2) is 27.6 Å². The van der Waals surface area contributed by atoms with Crippen molar-refractivity contribution >= 4 is 11.8 Å². The van der Waals surface area contributed by atoms with Crippen molar-refractivity contribution in [3.05, 3.63) is 11.7 Å². The average molecular weight is 215 g/mol. The molecule has 0 aliphatic carbocycles. The summed E-state index contributed by atoms with van der Waals surface area (Å²) in [4.78, 5) is 4.18. The molecule has 14 heavy (non-hydrogen) atoms. The summed E-state index contributed by atoms with van der Waals surface area (Å²) >= 11 is 1.83. The first-order valence-electron chi connectivity index (χ1n) is 4.63. The number of aliphatic hydroxyl groups is 1. The van der Waals surface area contributed by atoms with E-state index < -0.39 is 6.04 Å². The molecular formula is C8H13N3O2S. The van der Waals surface area contributed by atoms with Crippen molar-refractivity contribution in [2.75, 3.05) is 12.4 Å². The Bertz CT molecular complexity index is 299. The standard InChI is InChI=1S/C8H13N3O2S/c9-5(4-12)7-10-8(13-11-7)6-2-1-3-14-6/h5-6,12H,1-4,9H2. The van der Waals surface area contributed by atoms with Gasteiger partial charge in [-0.3, -0.25) is 0 Å². The van der Waals surface area contributed by atoms with Crippen LogP contribution in [0.4, 0.5) is 0 Å². The van der Waals surface area contributed by atoms with Gasteiger partial charge in [-0.25, -0.2) is 0 Å². The van der Waals surface area contributed by atoms with Gasteiger partial charge >= 0.3 is 0 Å². The van der Waals surface area contributed by atoms with E-state index in [0.29, 0.717) is 17.0 Å². The molecule has 0 aromatic carbocycles. The number of hydrogen-bond donors (Lipinski definition) is 2. The molecule has 78 valence electrons. The van der Waals surface area contributed by atoms with Gasteiger partial charge in [-0.15, -0.1) is 11.8 Å². The molecule has 2 atom stereocenters. The third-order valence-corrected chi connectivity index (χ3v) is 3.55. The Balaban J connectivity index is 2.08. The highest BCUT2D eigenvalue weighted by atomic mass is 32.2. The van der Waals surface area contributed by atoms with Crippen LogP contribution in [0.2, 0.25) is 0 Å². The van der Waals surface area contributed by atoms with Gasteiger partial charge in [-0.05, 0) is 18.6 Å². The number of aromatic nitrogens is 2. The first-order chi connectivity index (χ1) is 6.81. The molecule has 1 aromatic rings. The summed E-state index contributed by atoms with van der Waals surface area (Å²) in [5, 5.41) is 12.9. The van der Waals surface area contributed by atoms with Crippen molar-refractivity contribution < 1.29 is 9.63 Å². The van der Waals surface area contributed by atoms with Crippen molar-refractivity contribution in [3.8, 4) is 0 Å². The summed E-state index contributed by atoms with van der Waals surface area (Å²) in [6.45, 7) is -0.156. The molecule has 3 N–H and O–H groups in total. The zero-order chi connectivity index (χ0) is 9.97. The van der Waals surface area contributed by atoms with Gasteiger partial charge in [-0.1, -0.05) is 5.16 Å². The van der Waals surface area contributed by atoms with E-state index in [9.17, 15) is 0 Å². The van der Waals surface area contributed by atoms with Crippen LogP contribution in [0.15, 0.2) is 4.52 Å². The lowest BCUT2D eigenvalue weighted by atomic mass is 10.2. The lowest BCUT2D eigenvalue weighted by molar-refractivity contribution is 0.259. The van der Waals surface area contributed by atoms with E-state index in [2.05, 4.69) is 10.1 Å². The van der Waals surface area contributed by atoms with Crippen molar-refractivity contribution in [2.45, 2.75) is 24.1 Å². The smallest absolute Gasteiger partial charge is 0.239 e. The van der Waals surface area contributed by atoms with Crippen LogP contribution in [-0.2, 0) is 0 Å². The molecule has 1 aliphatic rings. The number of thioether (sulfide) groups is 1. The maximum absolute atomic E-state index is 8.81. The molecule has 2 unspecified atom stereocenters. The molecule has 0 spiro atoms. The van der Waals surface area contributed by atoms with Crippen LogP contribution in [0.25, 0.3) is 0 Å². The van der Waals surface area contributed by atoms with E-state index in [-0.39, 0.29) is 6.61 Å². The first kappa shape index (κ1) is 9.95. The molecule has 0 amide bonds. The van der Waals surface area contributed by atoms with Gasteiger partial charge in [0.05, 0.1) is 17.9 Å². The van der Waals surface area contributed by atoms with Crippen molar-refractivity contribution in [2.24, 2.45) is 5.73 Å². The highest BCUT2D eigenvalue weighted by molar-refractivity contribution is 7.99. The Morgan fingerprint density at radius 2 is 2.57 bits per heavy atom. The second-order valence-electron chi connectivity index (χ2n) is 3.28. The molecule has 1 saturated heterocycles. The largest absolute Gasteiger partial charge is 0.394 e. The van der Waals surface area contributed by atoms with E-state index in [1.54, 1.807) is 0 Å². The zero-order valence-electron chi connectivity index (χ0n) is 7.72. The second kappa shape index (κ2) is 4.29. The predicted molar refractivity (Wildman–Crippen MR) is 52.7 cm³/mol. The summed E-state index contributed by atoms with van der Waals surface area (Å²) in [6.07, 6.45) is 2.28. The van der Waals surface area contributed by atoms with Crippen molar-refractivity contribution in [1.82, 2.24) is 10.1 Å². The fourth-order valence-electron chi connectivity index (χ4n) is 1.38. The minimum absolute atomic E-state index is 0.156. The number of nitrogens with two attached hydrogens (primary N) is 1. The minimum atomic E-state index is -0.529. The Kier molecular flexibility index (Phi) is 3.05. The normalized spacial score (nSPS) is 24.0. The third kappa shape index (κ3) is 1.92. The van der Waals surface area contributed by atoms with Gasteiger partial charge in [0.2, 0.25) is 5.89 Å². The van der Waals surface area contributed by atoms with E-state index in [4.69, 9.17) is 15.4 Å². The highest BCUT2D eigenvalue weighted by Crippen LogP contribution is 2.38. The van der Waals surface area contributed by atoms with E-state index in [1.165, 1.54) is 6.42 Å². The molecular weight excluding hydrogens is 202 g/mol. The molecule has 1 fully saturated rings. The van der Waals surface area contributed by atoms with Gasteiger partial charge in [0.15, 0.2) is 5.82 Å². The minimum Gasteiger partial charge on any atom is -0.394 e. The number of nitrogens with zero attached hydrogens (tertiary/aromatic N) is 2. The van der Waals surface area contributed by atoms with Gasteiger partial charge in [0, 0.05) is 0 Å². The Morgan fingerprint density at radius 1 is 1.71 bits per heavy atom. The Hall–Kier alpha value is -0.590. The molecule has 1 aromatic heterocycles. The Morgan fingerprint density at radius 3 is 3.21 bits per heavy atom. The summed E-state index contributed by atoms with van der Waals surface area (Å²) in [5.41, 5.74) is 5.56. The third-order valence-electron chi connectivity index (χ3n) is 2.19. The number of aliphatic hydroxyl groups excluding tert-OH is 1. The SMILES string of the molecule is NC(CO)c1noc(C2CCCS2)n1. The molecule has 5 nitrogen and oxygen atoms in total. The molecule has 0 bridgehead atoms. The fraction of sp³-hybridized carbons (Fsp3) is 0.750. The van der Waals surface area contributed by atoms with Crippen molar-refractivity contribution in [3.63, 3.8) is 0 Å². The van der Waals surface area contributed by atoms with Crippen molar-refractivity contribution in [1.29, 1.82) is 0 Å².